The molecule has 1 saturated carbocycles. The molecule has 0 radical (unpaired) electrons. The fourth-order valence-electron chi connectivity index (χ4n) is 4.84. The minimum absolute atomic E-state index is 0.0170. The molecule has 8 nitrogen and oxygen atoms in total. The number of aromatic nitrogens is 2. The van der Waals surface area contributed by atoms with Gasteiger partial charge >= 0.3 is 6.09 Å². The van der Waals surface area contributed by atoms with Gasteiger partial charge in [-0.3, -0.25) is 14.7 Å². The molecular weight excluding hydrogens is 473 g/mol. The zero-order chi connectivity index (χ0) is 25.3. The highest BCUT2D eigenvalue weighted by Crippen LogP contribution is 2.43. The molecule has 0 spiro atoms. The Morgan fingerprint density at radius 2 is 2.09 bits per heavy atom. The van der Waals surface area contributed by atoms with Gasteiger partial charge in [-0.15, -0.1) is 0 Å². The number of nitriles is 1. The van der Waals surface area contributed by atoms with E-state index in [0.717, 1.165) is 19.3 Å². The summed E-state index contributed by atoms with van der Waals surface area (Å²) in [6.07, 6.45) is 4.67. The van der Waals surface area contributed by atoms with Gasteiger partial charge in [0, 0.05) is 18.0 Å². The molecule has 1 aromatic carbocycles. The van der Waals surface area contributed by atoms with Gasteiger partial charge in [-0.1, -0.05) is 23.7 Å². The van der Waals surface area contributed by atoms with Crippen LogP contribution in [0.2, 0.25) is 5.15 Å². The van der Waals surface area contributed by atoms with Gasteiger partial charge in [0.1, 0.15) is 28.7 Å². The number of nitrogens with zero attached hydrogens (tertiary/aromatic N) is 4. The van der Waals surface area contributed by atoms with Gasteiger partial charge in [0.15, 0.2) is 0 Å². The molecule has 4 rings (SSSR count). The van der Waals surface area contributed by atoms with Crippen molar-refractivity contribution in [3.05, 3.63) is 47.1 Å². The van der Waals surface area contributed by atoms with Crippen LogP contribution in [0.1, 0.15) is 45.6 Å². The Morgan fingerprint density at radius 1 is 1.31 bits per heavy atom. The van der Waals surface area contributed by atoms with Gasteiger partial charge in [-0.05, 0) is 57.6 Å². The molecule has 2 bridgehead atoms. The van der Waals surface area contributed by atoms with E-state index in [9.17, 15) is 19.2 Å². The van der Waals surface area contributed by atoms with Gasteiger partial charge in [-0.2, -0.15) is 5.26 Å². The van der Waals surface area contributed by atoms with Crippen molar-refractivity contribution in [1.82, 2.24) is 20.2 Å². The summed E-state index contributed by atoms with van der Waals surface area (Å²) in [5.74, 6) is -0.921. The molecule has 1 aliphatic heterocycles. The number of halogens is 2. The maximum absolute atomic E-state index is 14.8. The predicted molar refractivity (Wildman–Crippen MR) is 127 cm³/mol. The quantitative estimate of drug-likeness (QED) is 0.658. The minimum Gasteiger partial charge on any atom is -0.444 e. The SMILES string of the molecule is CC(C)(C)OC(=O)N1[C@@H]2CC[C@@H](C2)[C@H]1C(=O)NC(C#N)Cc1ccc(-c2cnc(Cl)cn2)cc1F. The lowest BCUT2D eigenvalue weighted by Gasteiger charge is -2.35. The van der Waals surface area contributed by atoms with E-state index in [0.29, 0.717) is 11.3 Å². The van der Waals surface area contributed by atoms with Crippen LogP contribution in [-0.2, 0) is 16.0 Å². The van der Waals surface area contributed by atoms with E-state index in [2.05, 4.69) is 15.3 Å². The number of piperidine rings is 1. The second-order valence-corrected chi connectivity index (χ2v) is 10.4. The second-order valence-electron chi connectivity index (χ2n) is 9.98. The maximum Gasteiger partial charge on any atom is 0.411 e. The zero-order valence-electron chi connectivity index (χ0n) is 19.8. The van der Waals surface area contributed by atoms with Gasteiger partial charge in [0.2, 0.25) is 5.91 Å². The second kappa shape index (κ2) is 9.78. The van der Waals surface area contributed by atoms with Crippen molar-refractivity contribution in [1.29, 1.82) is 5.26 Å². The molecule has 2 aromatic rings. The highest BCUT2D eigenvalue weighted by atomic mass is 35.5. The summed E-state index contributed by atoms with van der Waals surface area (Å²) in [6, 6.07) is 4.87. The minimum atomic E-state index is -0.960. The summed E-state index contributed by atoms with van der Waals surface area (Å²) in [5, 5.41) is 12.6. The molecule has 1 N–H and O–H groups in total. The highest BCUT2D eigenvalue weighted by molar-refractivity contribution is 6.29. The lowest BCUT2D eigenvalue weighted by Crippen LogP contribution is -2.55. The summed E-state index contributed by atoms with van der Waals surface area (Å²) in [7, 11) is 0. The van der Waals surface area contributed by atoms with E-state index < -0.39 is 35.5 Å². The third-order valence-electron chi connectivity index (χ3n) is 6.32. The van der Waals surface area contributed by atoms with Crippen LogP contribution in [0.15, 0.2) is 30.6 Å². The lowest BCUT2D eigenvalue weighted by molar-refractivity contribution is -0.128. The Balaban J connectivity index is 1.45. The van der Waals surface area contributed by atoms with Crippen molar-refractivity contribution >= 4 is 23.6 Å². The summed E-state index contributed by atoms with van der Waals surface area (Å²) in [5.41, 5.74) is 0.571. The van der Waals surface area contributed by atoms with E-state index >= 15 is 0 Å². The summed E-state index contributed by atoms with van der Waals surface area (Å²) in [4.78, 5) is 35.6. The molecular formula is C25H27ClFN5O3. The number of hydrogen-bond acceptors (Lipinski definition) is 6. The van der Waals surface area contributed by atoms with Crippen molar-refractivity contribution in [2.24, 2.45) is 5.92 Å². The monoisotopic (exact) mass is 499 g/mol. The lowest BCUT2D eigenvalue weighted by atomic mass is 9.97. The standard InChI is InChI=1S/C25H27ClFN5O3/c1-25(2,3)35-24(34)32-18-7-6-16(9-18)22(32)23(33)31-17(11-28)8-14-4-5-15(10-19(14)27)20-12-30-21(26)13-29-20/h4-5,10,12-13,16-18,22H,6-9H2,1-3H3,(H,31,33)/t16-,17?,18+,22-/m0/s1. The van der Waals surface area contributed by atoms with Crippen molar-refractivity contribution in [2.75, 3.05) is 0 Å². The first-order valence-electron chi connectivity index (χ1n) is 11.5. The summed E-state index contributed by atoms with van der Waals surface area (Å²) in [6.45, 7) is 5.33. The van der Waals surface area contributed by atoms with Gasteiger partial charge in [-0.25, -0.2) is 14.2 Å². The van der Waals surface area contributed by atoms with E-state index in [1.165, 1.54) is 23.4 Å². The first kappa shape index (κ1) is 24.9. The average molecular weight is 500 g/mol. The number of benzene rings is 1. The van der Waals surface area contributed by atoms with Crippen molar-refractivity contribution in [2.45, 2.75) is 70.2 Å². The molecule has 1 unspecified atom stereocenters. The number of fused-ring (bicyclic) bond motifs is 2. The summed E-state index contributed by atoms with van der Waals surface area (Å²) < 4.78 is 20.4. The van der Waals surface area contributed by atoms with Crippen LogP contribution >= 0.6 is 11.6 Å². The first-order chi connectivity index (χ1) is 16.6. The number of nitrogens with one attached hydrogen (secondary N) is 1. The fourth-order valence-corrected chi connectivity index (χ4v) is 4.94. The molecule has 1 aliphatic carbocycles. The number of likely N-dealkylation sites (tertiary alicyclic amines) is 1. The number of rotatable bonds is 5. The van der Waals surface area contributed by atoms with Crippen LogP contribution in [0.3, 0.4) is 0 Å². The van der Waals surface area contributed by atoms with Crippen LogP contribution in [0, 0.1) is 23.1 Å². The average Bonchev–Trinajstić information content (AvgIpc) is 3.41. The van der Waals surface area contributed by atoms with Crippen LogP contribution < -0.4 is 5.32 Å². The molecule has 2 amide bonds. The Bertz CT molecular complexity index is 1160. The largest absolute Gasteiger partial charge is 0.444 e. The highest BCUT2D eigenvalue weighted by Gasteiger charge is 2.52. The Kier molecular flexibility index (Phi) is 6.95. The van der Waals surface area contributed by atoms with E-state index in [-0.39, 0.29) is 29.1 Å². The third-order valence-corrected chi connectivity index (χ3v) is 6.52. The first-order valence-corrected chi connectivity index (χ1v) is 11.9. The van der Waals surface area contributed by atoms with Crippen molar-refractivity contribution < 1.29 is 18.7 Å². The number of carbonyl (C=O) groups is 2. The number of ether oxygens (including phenoxy) is 1. The Labute approximate surface area is 208 Å². The number of amides is 2. The van der Waals surface area contributed by atoms with Crippen LogP contribution in [-0.4, -0.2) is 50.6 Å². The van der Waals surface area contributed by atoms with Crippen LogP contribution in [0.25, 0.3) is 11.3 Å². The zero-order valence-corrected chi connectivity index (χ0v) is 20.6. The molecule has 2 heterocycles. The van der Waals surface area contributed by atoms with Crippen molar-refractivity contribution in [3.63, 3.8) is 0 Å². The molecule has 1 aromatic heterocycles. The van der Waals surface area contributed by atoms with E-state index in [1.54, 1.807) is 32.9 Å². The fraction of sp³-hybridized carbons (Fsp3) is 0.480. The van der Waals surface area contributed by atoms with Gasteiger partial charge < -0.3 is 10.1 Å². The number of hydrogen-bond donors (Lipinski definition) is 1. The maximum atomic E-state index is 14.8. The normalized spacial score (nSPS) is 21.9. The Morgan fingerprint density at radius 3 is 2.71 bits per heavy atom. The molecule has 1 saturated heterocycles. The topological polar surface area (TPSA) is 108 Å². The summed E-state index contributed by atoms with van der Waals surface area (Å²) >= 11 is 5.75. The van der Waals surface area contributed by atoms with Gasteiger partial charge in [0.25, 0.3) is 0 Å². The molecule has 10 heteroatoms. The molecule has 35 heavy (non-hydrogen) atoms. The molecule has 2 fully saturated rings. The number of carbonyl (C=O) groups excluding carboxylic acids is 2. The van der Waals surface area contributed by atoms with E-state index in [1.807, 2.05) is 6.07 Å². The predicted octanol–water partition coefficient (Wildman–Crippen LogP) is 4.27. The van der Waals surface area contributed by atoms with Gasteiger partial charge in [0.05, 0.1) is 24.2 Å². The Hall–Kier alpha value is -3.25. The molecule has 4 atom stereocenters. The molecule has 2 aliphatic rings. The van der Waals surface area contributed by atoms with E-state index in [4.69, 9.17) is 16.3 Å². The molecule has 184 valence electrons. The van der Waals surface area contributed by atoms with Crippen LogP contribution in [0.5, 0.6) is 0 Å². The van der Waals surface area contributed by atoms with Crippen molar-refractivity contribution in [3.8, 4) is 17.3 Å². The van der Waals surface area contributed by atoms with Crippen LogP contribution in [0.4, 0.5) is 9.18 Å². The smallest absolute Gasteiger partial charge is 0.411 e. The third kappa shape index (κ3) is 5.54.